The van der Waals surface area contributed by atoms with E-state index >= 15 is 0 Å². The summed E-state index contributed by atoms with van der Waals surface area (Å²) in [6.45, 7) is 1.89. The summed E-state index contributed by atoms with van der Waals surface area (Å²) in [4.78, 5) is 15.0. The van der Waals surface area contributed by atoms with E-state index in [9.17, 15) is 4.79 Å². The Labute approximate surface area is 90.1 Å². The lowest BCUT2D eigenvalue weighted by Gasteiger charge is -2.03. The summed E-state index contributed by atoms with van der Waals surface area (Å²) in [7, 11) is 0. The van der Waals surface area contributed by atoms with Gasteiger partial charge in [0, 0.05) is 9.86 Å². The molecule has 0 aliphatic carbocycles. The number of halogens is 1. The van der Waals surface area contributed by atoms with Crippen LogP contribution in [0.15, 0.2) is 28.7 Å². The number of benzene rings is 1. The molecule has 3 heteroatoms. The van der Waals surface area contributed by atoms with E-state index in [1.54, 1.807) is 0 Å². The van der Waals surface area contributed by atoms with Crippen molar-refractivity contribution in [3.05, 3.63) is 40.0 Å². The first-order chi connectivity index (χ1) is 6.72. The third-order valence-corrected chi connectivity index (χ3v) is 2.78. The van der Waals surface area contributed by atoms with Crippen LogP contribution in [0, 0.1) is 6.92 Å². The minimum absolute atomic E-state index is 0.504. The van der Waals surface area contributed by atoms with Crippen LogP contribution in [0.4, 0.5) is 0 Å². The number of pyridine rings is 1. The third-order valence-electron chi connectivity index (χ3n) is 2.14. The first-order valence-electron chi connectivity index (χ1n) is 4.23. The van der Waals surface area contributed by atoms with Gasteiger partial charge in [0.05, 0.1) is 5.52 Å². The molecule has 0 aliphatic rings. The van der Waals surface area contributed by atoms with Gasteiger partial charge in [-0.15, -0.1) is 0 Å². The number of rotatable bonds is 1. The number of fused-ring (bicyclic) bond motifs is 1. The number of nitrogens with zero attached hydrogens (tertiary/aromatic N) is 1. The van der Waals surface area contributed by atoms with Crippen molar-refractivity contribution in [3.63, 3.8) is 0 Å². The fourth-order valence-electron chi connectivity index (χ4n) is 1.40. The molecule has 1 aromatic heterocycles. The maximum absolute atomic E-state index is 10.7. The molecule has 0 radical (unpaired) electrons. The van der Waals surface area contributed by atoms with Gasteiger partial charge in [0.2, 0.25) is 0 Å². The van der Waals surface area contributed by atoms with Crippen LogP contribution in [0.2, 0.25) is 0 Å². The van der Waals surface area contributed by atoms with Crippen LogP contribution in [0.3, 0.4) is 0 Å². The fraction of sp³-hybridized carbons (Fsp3) is 0.0909. The third kappa shape index (κ3) is 1.44. The monoisotopic (exact) mass is 249 g/mol. The minimum atomic E-state index is 0.504. The van der Waals surface area contributed by atoms with E-state index < -0.39 is 0 Å². The maximum Gasteiger partial charge on any atom is 0.168 e. The number of para-hydroxylation sites is 1. The number of hydrogen-bond acceptors (Lipinski definition) is 2. The molecule has 70 valence electrons. The molecule has 2 nitrogen and oxygen atoms in total. The molecule has 0 unspecified atom stereocenters. The summed E-state index contributed by atoms with van der Waals surface area (Å²) in [6.07, 6.45) is 0.786. The summed E-state index contributed by atoms with van der Waals surface area (Å²) in [5.41, 5.74) is 2.25. The van der Waals surface area contributed by atoms with E-state index in [0.717, 1.165) is 27.2 Å². The van der Waals surface area contributed by atoms with Crippen molar-refractivity contribution in [3.8, 4) is 0 Å². The molecule has 0 amide bonds. The Bertz CT molecular complexity index is 508. The second kappa shape index (κ2) is 3.50. The minimum Gasteiger partial charge on any atom is -0.296 e. The summed E-state index contributed by atoms with van der Waals surface area (Å²) in [5.74, 6) is 0. The molecule has 0 fully saturated rings. The molecule has 14 heavy (non-hydrogen) atoms. The fourth-order valence-corrected chi connectivity index (χ4v) is 1.87. The molecule has 0 N–H and O–H groups in total. The van der Waals surface area contributed by atoms with E-state index in [1.807, 2.05) is 31.2 Å². The van der Waals surface area contributed by atoms with E-state index in [2.05, 4.69) is 20.9 Å². The Hall–Kier alpha value is -1.22. The van der Waals surface area contributed by atoms with Gasteiger partial charge >= 0.3 is 0 Å². The van der Waals surface area contributed by atoms with Crippen molar-refractivity contribution in [2.75, 3.05) is 0 Å². The zero-order chi connectivity index (χ0) is 10.1. The van der Waals surface area contributed by atoms with Crippen molar-refractivity contribution in [1.82, 2.24) is 4.98 Å². The first-order valence-corrected chi connectivity index (χ1v) is 5.02. The molecule has 2 rings (SSSR count). The van der Waals surface area contributed by atoms with Crippen molar-refractivity contribution in [2.45, 2.75) is 6.92 Å². The largest absolute Gasteiger partial charge is 0.296 e. The molecule has 0 saturated heterocycles. The Morgan fingerprint density at radius 2 is 2.21 bits per heavy atom. The normalized spacial score (nSPS) is 10.4. The van der Waals surface area contributed by atoms with E-state index in [0.29, 0.717) is 5.69 Å². The van der Waals surface area contributed by atoms with Gasteiger partial charge in [0.15, 0.2) is 6.29 Å². The molecule has 0 spiro atoms. The number of carbonyl (C=O) groups is 1. The van der Waals surface area contributed by atoms with Gasteiger partial charge in [-0.2, -0.15) is 0 Å². The van der Waals surface area contributed by atoms with Crippen LogP contribution in [-0.4, -0.2) is 11.3 Å². The summed E-state index contributed by atoms with van der Waals surface area (Å²) >= 11 is 3.41. The van der Waals surface area contributed by atoms with Gasteiger partial charge in [-0.3, -0.25) is 4.79 Å². The van der Waals surface area contributed by atoms with Crippen molar-refractivity contribution >= 4 is 33.1 Å². The van der Waals surface area contributed by atoms with Crippen LogP contribution in [0.25, 0.3) is 10.9 Å². The predicted octanol–water partition coefficient (Wildman–Crippen LogP) is 3.12. The van der Waals surface area contributed by atoms with Crippen LogP contribution in [0.1, 0.15) is 16.1 Å². The molecule has 0 saturated carbocycles. The molecular weight excluding hydrogens is 242 g/mol. The lowest BCUT2D eigenvalue weighted by Crippen LogP contribution is -1.92. The molecule has 2 aromatic rings. The number of hydrogen-bond donors (Lipinski definition) is 0. The molecule has 1 aromatic carbocycles. The quantitative estimate of drug-likeness (QED) is 0.728. The van der Waals surface area contributed by atoms with Crippen molar-refractivity contribution in [2.24, 2.45) is 0 Å². The van der Waals surface area contributed by atoms with Gasteiger partial charge in [-0.05, 0) is 40.5 Å². The molecule has 0 aliphatic heterocycles. The zero-order valence-electron chi connectivity index (χ0n) is 7.62. The average molecular weight is 250 g/mol. The summed E-state index contributed by atoms with van der Waals surface area (Å²) in [5, 5.41) is 1.04. The number of aromatic nitrogens is 1. The van der Waals surface area contributed by atoms with Crippen LogP contribution < -0.4 is 0 Å². The highest BCUT2D eigenvalue weighted by molar-refractivity contribution is 9.10. The van der Waals surface area contributed by atoms with E-state index in [4.69, 9.17) is 0 Å². The Morgan fingerprint density at radius 1 is 1.43 bits per heavy atom. The lowest BCUT2D eigenvalue weighted by molar-refractivity contribution is 0.111. The highest BCUT2D eigenvalue weighted by Gasteiger charge is 2.04. The Morgan fingerprint density at radius 3 is 2.93 bits per heavy atom. The summed E-state index contributed by atoms with van der Waals surface area (Å²) < 4.78 is 0.915. The van der Waals surface area contributed by atoms with Crippen LogP contribution >= 0.6 is 15.9 Å². The number of aryl methyl sites for hydroxylation is 1. The second-order valence-electron chi connectivity index (χ2n) is 3.12. The van der Waals surface area contributed by atoms with Crippen molar-refractivity contribution in [1.29, 1.82) is 0 Å². The highest BCUT2D eigenvalue weighted by atomic mass is 79.9. The number of aldehydes is 1. The van der Waals surface area contributed by atoms with Gasteiger partial charge in [-0.25, -0.2) is 4.98 Å². The van der Waals surface area contributed by atoms with Crippen LogP contribution in [-0.2, 0) is 0 Å². The lowest BCUT2D eigenvalue weighted by atomic mass is 10.1. The van der Waals surface area contributed by atoms with Gasteiger partial charge < -0.3 is 0 Å². The second-order valence-corrected chi connectivity index (χ2v) is 3.97. The molecular formula is C11H8BrNO. The SMILES string of the molecule is Cc1cc2cccc(Br)c2nc1C=O. The summed E-state index contributed by atoms with van der Waals surface area (Å²) in [6, 6.07) is 7.82. The first kappa shape index (κ1) is 9.34. The topological polar surface area (TPSA) is 30.0 Å². The molecule has 1 heterocycles. The van der Waals surface area contributed by atoms with Gasteiger partial charge in [-0.1, -0.05) is 12.1 Å². The van der Waals surface area contributed by atoms with Gasteiger partial charge in [0.1, 0.15) is 5.69 Å². The highest BCUT2D eigenvalue weighted by Crippen LogP contribution is 2.23. The Balaban J connectivity index is 2.86. The van der Waals surface area contributed by atoms with E-state index in [-0.39, 0.29) is 0 Å². The molecule has 0 bridgehead atoms. The smallest absolute Gasteiger partial charge is 0.168 e. The zero-order valence-corrected chi connectivity index (χ0v) is 9.21. The average Bonchev–Trinajstić information content (AvgIpc) is 2.17. The van der Waals surface area contributed by atoms with E-state index in [1.165, 1.54) is 0 Å². The van der Waals surface area contributed by atoms with Gasteiger partial charge in [0.25, 0.3) is 0 Å². The number of carbonyl (C=O) groups excluding carboxylic acids is 1. The Kier molecular flexibility index (Phi) is 2.33. The predicted molar refractivity (Wildman–Crippen MR) is 59.6 cm³/mol. The molecule has 0 atom stereocenters. The standard InChI is InChI=1S/C11H8BrNO/c1-7-5-8-3-2-4-9(12)11(8)13-10(7)6-14/h2-6H,1H3. The van der Waals surface area contributed by atoms with Crippen molar-refractivity contribution < 1.29 is 4.79 Å². The maximum atomic E-state index is 10.7. The van der Waals surface area contributed by atoms with Crippen LogP contribution in [0.5, 0.6) is 0 Å².